The molecular weight excluding hydrogens is 338 g/mol. The summed E-state index contributed by atoms with van der Waals surface area (Å²) in [6, 6.07) is 0. The van der Waals surface area contributed by atoms with Crippen molar-refractivity contribution >= 4 is 45.4 Å². The van der Waals surface area contributed by atoms with Gasteiger partial charge in [0.05, 0.1) is 10.8 Å². The first-order valence-electron chi connectivity index (χ1n) is 6.00. The van der Waals surface area contributed by atoms with Gasteiger partial charge < -0.3 is 10.0 Å². The number of hydrogen-bond donors (Lipinski definition) is 2. The van der Waals surface area contributed by atoms with Crippen LogP contribution in [-0.4, -0.2) is 52.8 Å². The van der Waals surface area contributed by atoms with Crippen molar-refractivity contribution in [3.8, 4) is 0 Å². The van der Waals surface area contributed by atoms with Gasteiger partial charge in [-0.2, -0.15) is 8.42 Å². The molecule has 0 fully saturated rings. The smallest absolute Gasteiger partial charge is 0.264 e. The zero-order valence-electron chi connectivity index (χ0n) is 11.1. The number of hydrogen-bond acceptors (Lipinski definition) is 7. The first-order chi connectivity index (χ1) is 9.81. The average molecular weight is 352 g/mol. The molecule has 0 aliphatic carbocycles. The molecule has 0 spiro atoms. The predicted molar refractivity (Wildman–Crippen MR) is 82.0 cm³/mol. The number of rotatable bonds is 5. The molecule has 2 N–H and O–H groups in total. The molecule has 0 bridgehead atoms. The molecule has 0 amide bonds. The second-order valence-corrected chi connectivity index (χ2v) is 7.15. The minimum atomic E-state index is -4.04. The molecule has 116 valence electrons. The van der Waals surface area contributed by atoms with Crippen LogP contribution in [0.2, 0.25) is 0 Å². The molecule has 10 heteroatoms. The van der Waals surface area contributed by atoms with Gasteiger partial charge in [0.15, 0.2) is 11.4 Å². The van der Waals surface area contributed by atoms with E-state index in [1.165, 1.54) is 16.7 Å². The maximum Gasteiger partial charge on any atom is 0.264 e. The maximum absolute atomic E-state index is 10.8. The summed E-state index contributed by atoms with van der Waals surface area (Å²) < 4.78 is 30.3. The van der Waals surface area contributed by atoms with E-state index in [0.717, 1.165) is 0 Å². The van der Waals surface area contributed by atoms with Crippen LogP contribution in [0.15, 0.2) is 16.4 Å². The summed E-state index contributed by atoms with van der Waals surface area (Å²) in [5.41, 5.74) is 0.648. The van der Waals surface area contributed by atoms with E-state index in [1.54, 1.807) is 12.3 Å². The van der Waals surface area contributed by atoms with Crippen molar-refractivity contribution in [2.24, 2.45) is 0 Å². The third kappa shape index (κ3) is 4.07. The topological polar surface area (TPSA) is 104 Å². The zero-order chi connectivity index (χ0) is 15.6. The Balaban J connectivity index is 2.26. The number of fused-ring (bicyclic) bond motifs is 1. The maximum atomic E-state index is 10.8. The van der Waals surface area contributed by atoms with Crippen LogP contribution in [0.3, 0.4) is 0 Å². The Morgan fingerprint density at radius 1 is 1.52 bits per heavy atom. The van der Waals surface area contributed by atoms with E-state index in [1.807, 2.05) is 6.26 Å². The highest BCUT2D eigenvalue weighted by molar-refractivity contribution is 7.98. The summed E-state index contributed by atoms with van der Waals surface area (Å²) in [6.07, 6.45) is 4.04. The molecule has 1 aromatic rings. The molecule has 0 radical (unpaired) electrons. The van der Waals surface area contributed by atoms with Crippen LogP contribution in [0.4, 0.5) is 5.82 Å². The fourth-order valence-electron chi connectivity index (χ4n) is 1.93. The summed E-state index contributed by atoms with van der Waals surface area (Å²) in [5.74, 6) is 0.0921. The third-order valence-electron chi connectivity index (χ3n) is 2.87. The minimum Gasteiger partial charge on any atom is -0.368 e. The molecular formula is C11H14ClN3O4S2. The normalized spacial score (nSPS) is 18.4. The van der Waals surface area contributed by atoms with Crippen molar-refractivity contribution in [3.63, 3.8) is 0 Å². The van der Waals surface area contributed by atoms with Crippen molar-refractivity contribution in [2.45, 2.75) is 17.8 Å². The van der Waals surface area contributed by atoms with E-state index < -0.39 is 22.1 Å². The number of aliphatic hydroxyl groups is 1. The third-order valence-corrected chi connectivity index (χ3v) is 4.54. The molecule has 2 heterocycles. The second-order valence-electron chi connectivity index (χ2n) is 4.37. The van der Waals surface area contributed by atoms with Crippen molar-refractivity contribution in [1.82, 2.24) is 9.97 Å². The van der Waals surface area contributed by atoms with E-state index in [-0.39, 0.29) is 18.0 Å². The van der Waals surface area contributed by atoms with E-state index in [4.69, 9.17) is 16.2 Å². The molecule has 1 aromatic heterocycles. The number of nitrogens with zero attached hydrogens (tertiary/aromatic N) is 3. The van der Waals surface area contributed by atoms with Crippen LogP contribution in [-0.2, 0) is 10.1 Å². The SMILES string of the molecule is CSc1ncc2c(n1)N(CCCS(=O)(=O)O)C(O)C(Cl)=C2. The highest BCUT2D eigenvalue weighted by atomic mass is 35.5. The molecule has 1 aliphatic rings. The molecule has 0 saturated carbocycles. The van der Waals surface area contributed by atoms with Gasteiger partial charge in [0.25, 0.3) is 10.1 Å². The van der Waals surface area contributed by atoms with E-state index >= 15 is 0 Å². The van der Waals surface area contributed by atoms with Gasteiger partial charge in [-0.05, 0) is 18.8 Å². The second kappa shape index (κ2) is 6.49. The average Bonchev–Trinajstić information content (AvgIpc) is 2.41. The molecule has 0 aromatic carbocycles. The van der Waals surface area contributed by atoms with Gasteiger partial charge in [0.1, 0.15) is 5.82 Å². The number of thioether (sulfide) groups is 1. The van der Waals surface area contributed by atoms with Crippen molar-refractivity contribution < 1.29 is 18.1 Å². The molecule has 7 nitrogen and oxygen atoms in total. The first kappa shape index (κ1) is 16.5. The summed E-state index contributed by atoms with van der Waals surface area (Å²) in [6.45, 7) is 0.183. The van der Waals surface area contributed by atoms with Crippen LogP contribution in [0.1, 0.15) is 12.0 Å². The Kier molecular flexibility index (Phi) is 5.10. The summed E-state index contributed by atoms with van der Waals surface area (Å²) in [5, 5.41) is 10.9. The van der Waals surface area contributed by atoms with Gasteiger partial charge >= 0.3 is 0 Å². The van der Waals surface area contributed by atoms with Gasteiger partial charge in [-0.3, -0.25) is 4.55 Å². The van der Waals surface area contributed by atoms with Crippen molar-refractivity contribution in [2.75, 3.05) is 23.5 Å². The Morgan fingerprint density at radius 3 is 2.86 bits per heavy atom. The fraction of sp³-hybridized carbons (Fsp3) is 0.455. The predicted octanol–water partition coefficient (Wildman–Crippen LogP) is 1.19. The number of aliphatic hydroxyl groups excluding tert-OH is 1. The van der Waals surface area contributed by atoms with E-state index in [2.05, 4.69) is 9.97 Å². The van der Waals surface area contributed by atoms with Crippen molar-refractivity contribution in [3.05, 3.63) is 16.8 Å². The van der Waals surface area contributed by atoms with E-state index in [9.17, 15) is 13.5 Å². The molecule has 21 heavy (non-hydrogen) atoms. The lowest BCUT2D eigenvalue weighted by Crippen LogP contribution is -2.40. The molecule has 1 atom stereocenters. The number of anilines is 1. The lowest BCUT2D eigenvalue weighted by Gasteiger charge is -2.33. The molecule has 1 aliphatic heterocycles. The van der Waals surface area contributed by atoms with E-state index in [0.29, 0.717) is 16.5 Å². The van der Waals surface area contributed by atoms with Gasteiger partial charge in [-0.25, -0.2) is 9.97 Å². The fourth-order valence-corrected chi connectivity index (χ4v) is 3.00. The van der Waals surface area contributed by atoms with Gasteiger partial charge in [-0.1, -0.05) is 23.4 Å². The van der Waals surface area contributed by atoms with Gasteiger partial charge in [-0.15, -0.1) is 0 Å². The lowest BCUT2D eigenvalue weighted by molar-refractivity contribution is 0.210. The Hall–Kier alpha value is -0.870. The molecule has 1 unspecified atom stereocenters. The Labute approximate surface area is 131 Å². The largest absolute Gasteiger partial charge is 0.368 e. The lowest BCUT2D eigenvalue weighted by atomic mass is 10.1. The van der Waals surface area contributed by atoms with Crippen LogP contribution in [0, 0.1) is 0 Å². The highest BCUT2D eigenvalue weighted by Gasteiger charge is 2.27. The standard InChI is InChI=1S/C11H14ClN3O4S2/c1-20-11-13-6-7-5-8(12)10(16)15(9(7)14-11)3-2-4-21(17,18)19/h5-6,10,16H,2-4H2,1H3,(H,17,18,19). The summed E-state index contributed by atoms with van der Waals surface area (Å²) in [7, 11) is -4.04. The van der Waals surface area contributed by atoms with Crippen molar-refractivity contribution in [1.29, 1.82) is 0 Å². The van der Waals surface area contributed by atoms with Crippen LogP contribution in [0.25, 0.3) is 6.08 Å². The van der Waals surface area contributed by atoms with Crippen LogP contribution in [0.5, 0.6) is 0 Å². The quantitative estimate of drug-likeness (QED) is 0.463. The van der Waals surface area contributed by atoms with Gasteiger partial charge in [0, 0.05) is 18.3 Å². The molecule has 2 rings (SSSR count). The zero-order valence-corrected chi connectivity index (χ0v) is 13.5. The number of aromatic nitrogens is 2. The highest BCUT2D eigenvalue weighted by Crippen LogP contribution is 2.32. The Bertz CT molecular complexity index is 665. The minimum absolute atomic E-state index is 0.137. The summed E-state index contributed by atoms with van der Waals surface area (Å²) >= 11 is 7.33. The summed E-state index contributed by atoms with van der Waals surface area (Å²) in [4.78, 5) is 9.93. The number of halogens is 1. The first-order valence-corrected chi connectivity index (χ1v) is 9.21. The van der Waals surface area contributed by atoms with Crippen LogP contribution < -0.4 is 4.90 Å². The Morgan fingerprint density at radius 2 is 2.24 bits per heavy atom. The monoisotopic (exact) mass is 351 g/mol. The van der Waals surface area contributed by atoms with Crippen LogP contribution >= 0.6 is 23.4 Å². The van der Waals surface area contributed by atoms with Gasteiger partial charge in [0.2, 0.25) is 0 Å². The molecule has 0 saturated heterocycles.